The van der Waals surface area contributed by atoms with Crippen LogP contribution in [0.25, 0.3) is 0 Å². The quantitative estimate of drug-likeness (QED) is 0.827. The largest absolute Gasteiger partial charge is 0.393 e. The zero-order chi connectivity index (χ0) is 17.7. The summed E-state index contributed by atoms with van der Waals surface area (Å²) < 4.78 is 28.9. The topological polar surface area (TPSA) is 83.9 Å². The summed E-state index contributed by atoms with van der Waals surface area (Å²) in [5, 5.41) is 9.33. The van der Waals surface area contributed by atoms with Crippen molar-refractivity contribution >= 4 is 21.7 Å². The van der Waals surface area contributed by atoms with E-state index in [-0.39, 0.29) is 28.4 Å². The van der Waals surface area contributed by atoms with Crippen LogP contribution in [0, 0.1) is 5.41 Å². The Hall–Kier alpha value is -1.60. The SMILES string of the molecule is O=C1N(c2ccc(OS(=O)(=O)C3CC3)cc2)CCC12CCC(O)CC2. The maximum Gasteiger partial charge on any atom is 0.312 e. The first-order valence-corrected chi connectivity index (χ1v) is 10.4. The lowest BCUT2D eigenvalue weighted by Gasteiger charge is -2.33. The average Bonchev–Trinajstić information content (AvgIpc) is 3.40. The summed E-state index contributed by atoms with van der Waals surface area (Å²) in [5.74, 6) is 0.413. The first kappa shape index (κ1) is 16.8. The Labute approximate surface area is 147 Å². The van der Waals surface area contributed by atoms with Gasteiger partial charge in [-0.2, -0.15) is 8.42 Å². The van der Waals surface area contributed by atoms with Crippen LogP contribution in [0.15, 0.2) is 24.3 Å². The summed E-state index contributed by atoms with van der Waals surface area (Å²) in [4.78, 5) is 14.7. The molecule has 1 amide bonds. The van der Waals surface area contributed by atoms with E-state index < -0.39 is 10.1 Å². The van der Waals surface area contributed by atoms with E-state index in [4.69, 9.17) is 4.18 Å². The summed E-state index contributed by atoms with van der Waals surface area (Å²) in [5.41, 5.74) is 0.438. The number of nitrogens with zero attached hydrogens (tertiary/aromatic N) is 1. The van der Waals surface area contributed by atoms with Crippen molar-refractivity contribution in [3.8, 4) is 5.75 Å². The molecule has 0 atom stereocenters. The molecule has 25 heavy (non-hydrogen) atoms. The van der Waals surface area contributed by atoms with Crippen LogP contribution in [0.3, 0.4) is 0 Å². The molecule has 3 fully saturated rings. The lowest BCUT2D eigenvalue weighted by atomic mass is 9.72. The van der Waals surface area contributed by atoms with Gasteiger partial charge in [0, 0.05) is 12.2 Å². The van der Waals surface area contributed by atoms with Gasteiger partial charge in [0.2, 0.25) is 5.91 Å². The van der Waals surface area contributed by atoms with Gasteiger partial charge in [0.15, 0.2) is 0 Å². The number of carbonyl (C=O) groups is 1. The van der Waals surface area contributed by atoms with Gasteiger partial charge < -0.3 is 14.2 Å². The van der Waals surface area contributed by atoms with Gasteiger partial charge in [-0.15, -0.1) is 0 Å². The predicted molar refractivity (Wildman–Crippen MR) is 92.9 cm³/mol. The van der Waals surface area contributed by atoms with E-state index in [2.05, 4.69) is 0 Å². The number of hydrogen-bond acceptors (Lipinski definition) is 5. The number of anilines is 1. The summed E-state index contributed by atoms with van der Waals surface area (Å²) in [6.45, 7) is 0.662. The van der Waals surface area contributed by atoms with Crippen molar-refractivity contribution in [3.63, 3.8) is 0 Å². The molecule has 2 saturated carbocycles. The molecule has 1 saturated heterocycles. The van der Waals surface area contributed by atoms with Crippen LogP contribution >= 0.6 is 0 Å². The van der Waals surface area contributed by atoms with Crippen molar-refractivity contribution in [2.75, 3.05) is 11.4 Å². The third kappa shape index (κ3) is 3.15. The fourth-order valence-corrected chi connectivity index (χ4v) is 5.16. The Morgan fingerprint density at radius 3 is 2.28 bits per heavy atom. The fraction of sp³-hybridized carbons (Fsp3) is 0.611. The lowest BCUT2D eigenvalue weighted by Crippen LogP contribution is -2.38. The Morgan fingerprint density at radius 1 is 1.04 bits per heavy atom. The molecule has 1 N–H and O–H groups in total. The minimum atomic E-state index is -3.51. The van der Waals surface area contributed by atoms with Gasteiger partial charge in [-0.1, -0.05) is 0 Å². The monoisotopic (exact) mass is 365 g/mol. The number of rotatable bonds is 4. The molecule has 4 rings (SSSR count). The molecular weight excluding hydrogens is 342 g/mol. The zero-order valence-electron chi connectivity index (χ0n) is 14.1. The van der Waals surface area contributed by atoms with Crippen molar-refractivity contribution in [2.24, 2.45) is 5.41 Å². The molecule has 1 aliphatic heterocycles. The highest BCUT2D eigenvalue weighted by molar-refractivity contribution is 7.88. The van der Waals surface area contributed by atoms with E-state index in [1.165, 1.54) is 0 Å². The molecule has 136 valence electrons. The number of amides is 1. The second kappa shape index (κ2) is 5.99. The molecule has 2 aliphatic carbocycles. The molecule has 1 heterocycles. The highest BCUT2D eigenvalue weighted by Gasteiger charge is 2.48. The van der Waals surface area contributed by atoms with E-state index in [1.54, 1.807) is 29.2 Å². The third-order valence-corrected chi connectivity index (χ3v) is 7.43. The van der Waals surface area contributed by atoms with E-state index in [9.17, 15) is 18.3 Å². The van der Waals surface area contributed by atoms with Crippen molar-refractivity contribution in [1.82, 2.24) is 0 Å². The fourth-order valence-electron chi connectivity index (χ4n) is 3.93. The number of hydrogen-bond donors (Lipinski definition) is 1. The van der Waals surface area contributed by atoms with Crippen molar-refractivity contribution in [1.29, 1.82) is 0 Å². The minimum absolute atomic E-state index is 0.124. The maximum atomic E-state index is 12.9. The predicted octanol–water partition coefficient (Wildman–Crippen LogP) is 2.22. The van der Waals surface area contributed by atoms with Crippen LogP contribution < -0.4 is 9.08 Å². The zero-order valence-corrected chi connectivity index (χ0v) is 14.9. The molecule has 6 nitrogen and oxygen atoms in total. The number of carbonyl (C=O) groups excluding carboxylic acids is 1. The molecule has 1 aromatic carbocycles. The summed E-state index contributed by atoms with van der Waals surface area (Å²) >= 11 is 0. The second-order valence-corrected chi connectivity index (χ2v) is 9.31. The molecular formula is C18H23NO5S. The number of aliphatic hydroxyl groups excluding tert-OH is 1. The normalized spacial score (nSPS) is 30.0. The minimum Gasteiger partial charge on any atom is -0.393 e. The van der Waals surface area contributed by atoms with Crippen molar-refractivity contribution in [2.45, 2.75) is 56.3 Å². The van der Waals surface area contributed by atoms with E-state index >= 15 is 0 Å². The van der Waals surface area contributed by atoms with Crippen LogP contribution in [0.2, 0.25) is 0 Å². The second-order valence-electron chi connectivity index (χ2n) is 7.49. The van der Waals surface area contributed by atoms with E-state index in [0.29, 0.717) is 32.2 Å². The van der Waals surface area contributed by atoms with Crippen molar-refractivity contribution in [3.05, 3.63) is 24.3 Å². The summed E-state index contributed by atoms with van der Waals surface area (Å²) in [7, 11) is -3.51. The summed E-state index contributed by atoms with van der Waals surface area (Å²) in [6, 6.07) is 6.70. The molecule has 0 aromatic heterocycles. The standard InChI is InChI=1S/C18H23NO5S/c20-14-7-9-18(10-8-14)11-12-19(17(18)21)13-1-3-15(4-2-13)24-25(22,23)16-5-6-16/h1-4,14,16,20H,5-12H2. The molecule has 0 bridgehead atoms. The van der Waals surface area contributed by atoms with Gasteiger partial charge in [-0.05, 0) is 69.2 Å². The smallest absolute Gasteiger partial charge is 0.312 e. The van der Waals surface area contributed by atoms with Gasteiger partial charge in [0.05, 0.1) is 16.8 Å². The molecule has 0 radical (unpaired) electrons. The maximum absolute atomic E-state index is 12.9. The lowest BCUT2D eigenvalue weighted by molar-refractivity contribution is -0.128. The van der Waals surface area contributed by atoms with Gasteiger partial charge in [0.1, 0.15) is 5.75 Å². The highest BCUT2D eigenvalue weighted by Crippen LogP contribution is 2.46. The molecule has 1 spiro atoms. The van der Waals surface area contributed by atoms with Gasteiger partial charge in [-0.25, -0.2) is 0 Å². The van der Waals surface area contributed by atoms with Crippen LogP contribution in [-0.4, -0.2) is 37.3 Å². The van der Waals surface area contributed by atoms with Crippen molar-refractivity contribution < 1.29 is 22.5 Å². The first-order valence-electron chi connectivity index (χ1n) is 8.93. The van der Waals surface area contributed by atoms with Crippen LogP contribution in [0.5, 0.6) is 5.75 Å². The Morgan fingerprint density at radius 2 is 1.68 bits per heavy atom. The Bertz CT molecular complexity index is 761. The van der Waals surface area contributed by atoms with Crippen LogP contribution in [0.4, 0.5) is 5.69 Å². The van der Waals surface area contributed by atoms with Gasteiger partial charge in [-0.3, -0.25) is 4.79 Å². The molecule has 7 heteroatoms. The molecule has 0 unspecified atom stereocenters. The van der Waals surface area contributed by atoms with Gasteiger partial charge in [0.25, 0.3) is 0 Å². The van der Waals surface area contributed by atoms with Crippen LogP contribution in [0.1, 0.15) is 44.9 Å². The number of aliphatic hydroxyl groups is 1. The van der Waals surface area contributed by atoms with Gasteiger partial charge >= 0.3 is 10.1 Å². The number of benzene rings is 1. The average molecular weight is 365 g/mol. The Kier molecular flexibility index (Phi) is 4.03. The molecule has 3 aliphatic rings. The van der Waals surface area contributed by atoms with E-state index in [0.717, 1.165) is 24.9 Å². The van der Waals surface area contributed by atoms with E-state index in [1.807, 2.05) is 0 Å². The summed E-state index contributed by atoms with van der Waals surface area (Å²) in [6.07, 6.45) is 4.72. The third-order valence-electron chi connectivity index (χ3n) is 5.72. The first-order chi connectivity index (χ1) is 11.9. The Balaban J connectivity index is 1.46. The highest BCUT2D eigenvalue weighted by atomic mass is 32.2. The van der Waals surface area contributed by atoms with Crippen LogP contribution in [-0.2, 0) is 14.9 Å². The molecule has 1 aromatic rings.